The van der Waals surface area contributed by atoms with Crippen LogP contribution in [0.15, 0.2) is 34.8 Å². The number of phenols is 1. The van der Waals surface area contributed by atoms with Crippen LogP contribution in [0, 0.1) is 11.6 Å². The van der Waals surface area contributed by atoms with Gasteiger partial charge in [-0.2, -0.15) is 4.39 Å². The topological polar surface area (TPSA) is 55.5 Å². The molecule has 0 spiro atoms. The summed E-state index contributed by atoms with van der Waals surface area (Å²) >= 11 is 2.79. The maximum atomic E-state index is 13.5. The van der Waals surface area contributed by atoms with Crippen molar-refractivity contribution in [3.63, 3.8) is 0 Å². The average Bonchev–Trinajstić information content (AvgIpc) is 2.47. The van der Waals surface area contributed by atoms with Gasteiger partial charge in [-0.25, -0.2) is 4.39 Å². The Kier molecular flexibility index (Phi) is 6.43. The van der Waals surface area contributed by atoms with Gasteiger partial charge < -0.3 is 15.6 Å². The summed E-state index contributed by atoms with van der Waals surface area (Å²) in [6.45, 7) is 0. The van der Waals surface area contributed by atoms with Gasteiger partial charge in [0.15, 0.2) is 11.6 Å². The van der Waals surface area contributed by atoms with Gasteiger partial charge >= 0.3 is 6.36 Å². The summed E-state index contributed by atoms with van der Waals surface area (Å²) in [7, 11) is 0. The van der Waals surface area contributed by atoms with Crippen LogP contribution in [-0.4, -0.2) is 11.5 Å². The van der Waals surface area contributed by atoms with Gasteiger partial charge in [-0.1, -0.05) is 12.1 Å². The molecule has 0 aliphatic carbocycles. The number of ether oxygens (including phenoxy) is 1. The SMILES string of the molecule is Cl.N[C@H](c1ccc(OC(F)(F)F)cc1)c1cc(Br)c(F)c(F)c1O. The summed E-state index contributed by atoms with van der Waals surface area (Å²) in [5, 5.41) is 9.65. The predicted molar refractivity (Wildman–Crippen MR) is 82.1 cm³/mol. The summed E-state index contributed by atoms with van der Waals surface area (Å²) in [4.78, 5) is 0. The molecule has 0 radical (unpaired) electrons. The number of hydrogen-bond donors (Lipinski definition) is 2. The van der Waals surface area contributed by atoms with Gasteiger partial charge in [0.1, 0.15) is 5.75 Å². The summed E-state index contributed by atoms with van der Waals surface area (Å²) in [5.74, 6) is -4.16. The highest BCUT2D eigenvalue weighted by atomic mass is 79.9. The number of nitrogens with two attached hydrogens (primary N) is 1. The Morgan fingerprint density at radius 3 is 2.12 bits per heavy atom. The quantitative estimate of drug-likeness (QED) is 0.539. The van der Waals surface area contributed by atoms with Crippen LogP contribution in [0.5, 0.6) is 11.5 Å². The van der Waals surface area contributed by atoms with E-state index in [1.807, 2.05) is 0 Å². The molecule has 0 amide bonds. The number of benzene rings is 2. The van der Waals surface area contributed by atoms with E-state index in [2.05, 4.69) is 20.7 Å². The molecule has 3 N–H and O–H groups in total. The first-order valence-electron chi connectivity index (χ1n) is 6.08. The summed E-state index contributed by atoms with van der Waals surface area (Å²) in [6.07, 6.45) is -4.83. The Morgan fingerprint density at radius 1 is 1.08 bits per heavy atom. The van der Waals surface area contributed by atoms with Crippen molar-refractivity contribution >= 4 is 28.3 Å². The summed E-state index contributed by atoms with van der Waals surface area (Å²) in [6, 6.07) is 4.50. The van der Waals surface area contributed by atoms with Gasteiger partial charge in [0.25, 0.3) is 0 Å². The number of rotatable bonds is 3. The number of phenolic OH excluding ortho intramolecular Hbond substituents is 1. The van der Waals surface area contributed by atoms with Crippen molar-refractivity contribution in [1.29, 1.82) is 0 Å². The second-order valence-corrected chi connectivity index (χ2v) is 5.37. The Hall–Kier alpha value is -1.58. The van der Waals surface area contributed by atoms with Crippen LogP contribution >= 0.6 is 28.3 Å². The van der Waals surface area contributed by atoms with Crippen LogP contribution in [0.1, 0.15) is 17.2 Å². The van der Waals surface area contributed by atoms with Crippen molar-refractivity contribution in [3.8, 4) is 11.5 Å². The van der Waals surface area contributed by atoms with E-state index in [4.69, 9.17) is 5.73 Å². The van der Waals surface area contributed by atoms with E-state index in [1.165, 1.54) is 12.1 Å². The lowest BCUT2D eigenvalue weighted by Gasteiger charge is -2.16. The van der Waals surface area contributed by atoms with E-state index in [1.54, 1.807) is 0 Å². The Bertz CT molecular complexity index is 725. The highest BCUT2D eigenvalue weighted by Gasteiger charge is 2.31. The maximum absolute atomic E-state index is 13.5. The van der Waals surface area contributed by atoms with E-state index in [0.717, 1.165) is 18.2 Å². The van der Waals surface area contributed by atoms with Crippen LogP contribution < -0.4 is 10.5 Å². The fourth-order valence-corrected chi connectivity index (χ4v) is 2.32. The van der Waals surface area contributed by atoms with Crippen LogP contribution in [0.4, 0.5) is 22.0 Å². The normalized spacial score (nSPS) is 12.5. The zero-order valence-corrected chi connectivity index (χ0v) is 14.0. The number of hydrogen-bond acceptors (Lipinski definition) is 3. The van der Waals surface area contributed by atoms with Crippen molar-refractivity contribution in [2.24, 2.45) is 5.73 Å². The summed E-state index contributed by atoms with van der Waals surface area (Å²) in [5.41, 5.74) is 6.00. The number of alkyl halides is 3. The molecular formula is C14H10BrClF5NO2. The minimum atomic E-state index is -4.83. The molecule has 1 atom stereocenters. The largest absolute Gasteiger partial charge is 0.573 e. The van der Waals surface area contributed by atoms with Crippen LogP contribution in [-0.2, 0) is 0 Å². The molecule has 0 saturated carbocycles. The molecule has 24 heavy (non-hydrogen) atoms. The zero-order chi connectivity index (χ0) is 17.4. The van der Waals surface area contributed by atoms with Crippen LogP contribution in [0.2, 0.25) is 0 Å². The molecule has 0 bridgehead atoms. The standard InChI is InChI=1S/C14H9BrF5NO2.ClH/c15-9-5-8(13(22)11(17)10(9)16)12(21)6-1-3-7(4-2-6)23-14(18,19)20;/h1-5,12,22H,21H2;1H/t12-;/m1./s1. The average molecular weight is 435 g/mol. The van der Waals surface area contributed by atoms with Gasteiger partial charge in [-0.05, 0) is 39.7 Å². The number of halogens is 7. The van der Waals surface area contributed by atoms with E-state index >= 15 is 0 Å². The first kappa shape index (κ1) is 20.5. The minimum Gasteiger partial charge on any atom is -0.505 e. The molecule has 0 aliphatic rings. The lowest BCUT2D eigenvalue weighted by atomic mass is 9.98. The van der Waals surface area contributed by atoms with E-state index < -0.39 is 35.5 Å². The third-order valence-electron chi connectivity index (χ3n) is 2.97. The second kappa shape index (κ2) is 7.54. The zero-order valence-electron chi connectivity index (χ0n) is 11.6. The molecule has 0 unspecified atom stereocenters. The van der Waals surface area contributed by atoms with Crippen molar-refractivity contribution in [1.82, 2.24) is 0 Å². The lowest BCUT2D eigenvalue weighted by Crippen LogP contribution is -2.17. The van der Waals surface area contributed by atoms with Crippen molar-refractivity contribution < 1.29 is 31.8 Å². The van der Waals surface area contributed by atoms with E-state index in [-0.39, 0.29) is 28.0 Å². The Balaban J connectivity index is 0.00000288. The van der Waals surface area contributed by atoms with Crippen molar-refractivity contribution in [2.75, 3.05) is 0 Å². The predicted octanol–water partition coefficient (Wildman–Crippen LogP) is 4.80. The molecule has 2 rings (SSSR count). The molecule has 132 valence electrons. The van der Waals surface area contributed by atoms with Crippen molar-refractivity contribution in [3.05, 3.63) is 57.6 Å². The van der Waals surface area contributed by atoms with Gasteiger partial charge in [-0.3, -0.25) is 0 Å². The fraction of sp³-hybridized carbons (Fsp3) is 0.143. The van der Waals surface area contributed by atoms with Gasteiger partial charge in [0, 0.05) is 5.56 Å². The van der Waals surface area contributed by atoms with Crippen LogP contribution in [0.25, 0.3) is 0 Å². The molecule has 0 aromatic heterocycles. The first-order valence-corrected chi connectivity index (χ1v) is 6.87. The smallest absolute Gasteiger partial charge is 0.505 e. The van der Waals surface area contributed by atoms with E-state index in [0.29, 0.717) is 0 Å². The lowest BCUT2D eigenvalue weighted by molar-refractivity contribution is -0.274. The monoisotopic (exact) mass is 433 g/mol. The second-order valence-electron chi connectivity index (χ2n) is 4.52. The Morgan fingerprint density at radius 2 is 1.62 bits per heavy atom. The number of aromatic hydroxyl groups is 1. The first-order chi connectivity index (χ1) is 10.6. The molecular weight excluding hydrogens is 425 g/mol. The third-order valence-corrected chi connectivity index (χ3v) is 3.55. The molecule has 0 heterocycles. The minimum absolute atomic E-state index is 0. The summed E-state index contributed by atoms with van der Waals surface area (Å²) < 4.78 is 66.5. The van der Waals surface area contributed by atoms with E-state index in [9.17, 15) is 27.1 Å². The highest BCUT2D eigenvalue weighted by molar-refractivity contribution is 9.10. The van der Waals surface area contributed by atoms with Gasteiger partial charge in [0.2, 0.25) is 5.82 Å². The molecule has 0 saturated heterocycles. The molecule has 0 fully saturated rings. The van der Waals surface area contributed by atoms with Gasteiger partial charge in [0.05, 0.1) is 10.5 Å². The Labute approximate surface area is 147 Å². The maximum Gasteiger partial charge on any atom is 0.573 e. The molecule has 2 aromatic carbocycles. The molecule has 0 aliphatic heterocycles. The van der Waals surface area contributed by atoms with Crippen molar-refractivity contribution in [2.45, 2.75) is 12.4 Å². The van der Waals surface area contributed by atoms with Gasteiger partial charge in [-0.15, -0.1) is 25.6 Å². The van der Waals surface area contributed by atoms with Crippen LogP contribution in [0.3, 0.4) is 0 Å². The fourth-order valence-electron chi connectivity index (χ4n) is 1.90. The molecule has 2 aromatic rings. The third kappa shape index (κ3) is 4.49. The highest BCUT2D eigenvalue weighted by Crippen LogP contribution is 2.35. The molecule has 10 heteroatoms. The molecule has 3 nitrogen and oxygen atoms in total.